The molecule has 32 heavy (non-hydrogen) atoms. The number of pyridine rings is 1. The molecule has 0 amide bonds. The summed E-state index contributed by atoms with van der Waals surface area (Å²) >= 11 is 0. The van der Waals surface area contributed by atoms with Crippen molar-refractivity contribution in [3.8, 4) is 11.5 Å². The van der Waals surface area contributed by atoms with Crippen molar-refractivity contribution in [2.45, 2.75) is 38.0 Å². The number of hydrogen-bond acceptors (Lipinski definition) is 6. The van der Waals surface area contributed by atoms with Gasteiger partial charge in [-0.3, -0.25) is 4.79 Å². The molecule has 0 saturated carbocycles. The average Bonchev–Trinajstić information content (AvgIpc) is 3.34. The molecular weight excluding hydrogens is 402 g/mol. The fraction of sp³-hybridized carbons (Fsp3) is 0.538. The van der Waals surface area contributed by atoms with E-state index < -0.39 is 0 Å². The molecule has 6 heteroatoms. The van der Waals surface area contributed by atoms with Crippen LogP contribution in [0.4, 0.5) is 0 Å². The third-order valence-electron chi connectivity index (χ3n) is 6.80. The molecule has 2 aliphatic heterocycles. The van der Waals surface area contributed by atoms with Crippen molar-refractivity contribution in [2.24, 2.45) is 0 Å². The lowest BCUT2D eigenvalue weighted by Crippen LogP contribution is -2.29. The summed E-state index contributed by atoms with van der Waals surface area (Å²) in [5.74, 6) is 1.65. The molecule has 2 fully saturated rings. The number of ether oxygens (including phenoxy) is 2. The molecule has 1 aromatic heterocycles. The molecule has 4 rings (SSSR count). The first-order valence-corrected chi connectivity index (χ1v) is 11.8. The van der Waals surface area contributed by atoms with Crippen molar-refractivity contribution < 1.29 is 14.3 Å². The second-order valence-corrected chi connectivity index (χ2v) is 9.01. The first-order valence-electron chi connectivity index (χ1n) is 11.8. The summed E-state index contributed by atoms with van der Waals surface area (Å²) in [6.07, 6.45) is 7.05. The Balaban J connectivity index is 1.62. The van der Waals surface area contributed by atoms with E-state index in [1.807, 2.05) is 18.2 Å². The number of methoxy groups -OCH3 is 1. The minimum atomic E-state index is -0.148. The third kappa shape index (κ3) is 5.13. The highest BCUT2D eigenvalue weighted by Gasteiger charge is 2.23. The van der Waals surface area contributed by atoms with Gasteiger partial charge in [0.25, 0.3) is 0 Å². The number of ketones is 1. The highest BCUT2D eigenvalue weighted by atomic mass is 16.5. The fourth-order valence-electron chi connectivity index (χ4n) is 4.90. The Labute approximate surface area is 191 Å². The zero-order valence-corrected chi connectivity index (χ0v) is 19.4. The lowest BCUT2D eigenvalue weighted by atomic mass is 9.86. The van der Waals surface area contributed by atoms with Crippen LogP contribution in [0.3, 0.4) is 0 Å². The summed E-state index contributed by atoms with van der Waals surface area (Å²) in [7, 11) is 3.83. The van der Waals surface area contributed by atoms with Gasteiger partial charge >= 0.3 is 0 Å². The first-order chi connectivity index (χ1) is 15.6. The van der Waals surface area contributed by atoms with Gasteiger partial charge in [0.15, 0.2) is 11.5 Å². The van der Waals surface area contributed by atoms with E-state index in [1.165, 1.54) is 37.6 Å². The molecule has 0 aliphatic carbocycles. The Hall–Kier alpha value is -2.44. The molecule has 0 radical (unpaired) electrons. The number of benzene rings is 1. The topological polar surface area (TPSA) is 54.9 Å². The van der Waals surface area contributed by atoms with Crippen molar-refractivity contribution in [3.05, 3.63) is 42.1 Å². The van der Waals surface area contributed by atoms with Crippen molar-refractivity contribution in [1.82, 2.24) is 14.8 Å². The van der Waals surface area contributed by atoms with Crippen LogP contribution in [-0.4, -0.2) is 74.1 Å². The first kappa shape index (κ1) is 22.7. The van der Waals surface area contributed by atoms with E-state index in [9.17, 15) is 4.79 Å². The molecule has 0 N–H and O–H groups in total. The van der Waals surface area contributed by atoms with Gasteiger partial charge in [0, 0.05) is 18.0 Å². The van der Waals surface area contributed by atoms with Crippen LogP contribution in [0.15, 0.2) is 30.9 Å². The monoisotopic (exact) mass is 437 g/mol. The van der Waals surface area contributed by atoms with Crippen LogP contribution < -0.4 is 9.47 Å². The number of aromatic nitrogens is 1. The molecule has 2 saturated heterocycles. The van der Waals surface area contributed by atoms with Gasteiger partial charge in [0.05, 0.1) is 19.2 Å². The molecule has 1 aromatic carbocycles. The summed E-state index contributed by atoms with van der Waals surface area (Å²) in [6.45, 7) is 9.84. The van der Waals surface area contributed by atoms with E-state index in [4.69, 9.17) is 9.47 Å². The number of nitrogens with zero attached hydrogens (tertiary/aromatic N) is 3. The maximum Gasteiger partial charge on any atom is 0.203 e. The SMILES string of the molecule is C=CC(=O)c1cc(C2CCN(C)CC2)c2cc(OC)c(OCCCN3CCCC3)cc2n1. The normalized spacial score (nSPS) is 18.2. The van der Waals surface area contributed by atoms with E-state index in [0.29, 0.717) is 24.0 Å². The van der Waals surface area contributed by atoms with Gasteiger partial charge in [0.2, 0.25) is 5.78 Å². The highest BCUT2D eigenvalue weighted by Crippen LogP contribution is 2.38. The lowest BCUT2D eigenvalue weighted by molar-refractivity contribution is 0.104. The number of carbonyl (C=O) groups is 1. The number of hydrogen-bond donors (Lipinski definition) is 0. The van der Waals surface area contributed by atoms with E-state index in [2.05, 4.69) is 28.4 Å². The molecule has 2 aromatic rings. The van der Waals surface area contributed by atoms with Crippen LogP contribution >= 0.6 is 0 Å². The Morgan fingerprint density at radius 3 is 2.59 bits per heavy atom. The summed E-state index contributed by atoms with van der Waals surface area (Å²) in [5, 5.41) is 1.04. The molecular formula is C26H35N3O3. The largest absolute Gasteiger partial charge is 0.493 e. The van der Waals surface area contributed by atoms with Gasteiger partial charge in [0.1, 0.15) is 5.69 Å². The molecule has 0 spiro atoms. The van der Waals surface area contributed by atoms with E-state index in [-0.39, 0.29) is 5.78 Å². The minimum Gasteiger partial charge on any atom is -0.493 e. The van der Waals surface area contributed by atoms with E-state index >= 15 is 0 Å². The van der Waals surface area contributed by atoms with Gasteiger partial charge in [-0.15, -0.1) is 0 Å². The molecule has 0 bridgehead atoms. The Morgan fingerprint density at radius 1 is 1.16 bits per heavy atom. The predicted octanol–water partition coefficient (Wildman–Crippen LogP) is 4.29. The third-order valence-corrected chi connectivity index (χ3v) is 6.80. The number of allylic oxidation sites excluding steroid dienone is 1. The number of rotatable bonds is 9. The van der Waals surface area contributed by atoms with Crippen molar-refractivity contribution in [3.63, 3.8) is 0 Å². The second-order valence-electron chi connectivity index (χ2n) is 9.01. The summed E-state index contributed by atoms with van der Waals surface area (Å²) in [5.41, 5.74) is 2.40. The van der Waals surface area contributed by atoms with Crippen LogP contribution in [0.5, 0.6) is 11.5 Å². The summed E-state index contributed by atoms with van der Waals surface area (Å²) < 4.78 is 11.8. The zero-order chi connectivity index (χ0) is 22.5. The minimum absolute atomic E-state index is 0.148. The smallest absolute Gasteiger partial charge is 0.203 e. The number of likely N-dealkylation sites (tertiary alicyclic amines) is 2. The maximum absolute atomic E-state index is 12.4. The molecule has 6 nitrogen and oxygen atoms in total. The standard InChI is InChI=1S/C26H35N3O3/c1-4-24(30)23-16-20(19-8-13-28(2)14-9-19)21-17-25(31-3)26(18-22(21)27-23)32-15-7-12-29-10-5-6-11-29/h4,16-19H,1,5-15H2,2-3H3. The van der Waals surface area contributed by atoms with E-state index in [0.717, 1.165) is 55.5 Å². The fourth-order valence-corrected chi connectivity index (χ4v) is 4.90. The molecule has 0 atom stereocenters. The highest BCUT2D eigenvalue weighted by molar-refractivity contribution is 6.04. The maximum atomic E-state index is 12.4. The lowest BCUT2D eigenvalue weighted by Gasteiger charge is -2.30. The molecule has 3 heterocycles. The van der Waals surface area contributed by atoms with Crippen molar-refractivity contribution in [1.29, 1.82) is 0 Å². The van der Waals surface area contributed by atoms with Gasteiger partial charge in [-0.25, -0.2) is 4.98 Å². The molecule has 2 aliphatic rings. The zero-order valence-electron chi connectivity index (χ0n) is 19.4. The van der Waals surface area contributed by atoms with Crippen LogP contribution in [0.25, 0.3) is 10.9 Å². The Kier molecular flexibility index (Phi) is 7.43. The average molecular weight is 438 g/mol. The number of carbonyl (C=O) groups excluding carboxylic acids is 1. The van der Waals surface area contributed by atoms with Crippen molar-refractivity contribution >= 4 is 16.7 Å². The van der Waals surface area contributed by atoms with E-state index in [1.54, 1.807) is 7.11 Å². The van der Waals surface area contributed by atoms with Gasteiger partial charge in [-0.2, -0.15) is 0 Å². The van der Waals surface area contributed by atoms with Crippen molar-refractivity contribution in [2.75, 3.05) is 53.5 Å². The van der Waals surface area contributed by atoms with Crippen LogP contribution in [-0.2, 0) is 0 Å². The number of fused-ring (bicyclic) bond motifs is 1. The van der Waals surface area contributed by atoms with Gasteiger partial charge in [-0.05, 0) is 95.0 Å². The van der Waals surface area contributed by atoms with Crippen LogP contribution in [0.1, 0.15) is 54.1 Å². The number of piperidine rings is 1. The predicted molar refractivity (Wildman–Crippen MR) is 128 cm³/mol. The Morgan fingerprint density at radius 2 is 1.91 bits per heavy atom. The van der Waals surface area contributed by atoms with Gasteiger partial charge in [-0.1, -0.05) is 6.58 Å². The second kappa shape index (κ2) is 10.5. The summed E-state index contributed by atoms with van der Waals surface area (Å²) in [4.78, 5) is 21.9. The quantitative estimate of drug-likeness (QED) is 0.331. The van der Waals surface area contributed by atoms with Crippen LogP contribution in [0, 0.1) is 0 Å². The molecule has 0 unspecified atom stereocenters. The van der Waals surface area contributed by atoms with Gasteiger partial charge < -0.3 is 19.3 Å². The summed E-state index contributed by atoms with van der Waals surface area (Å²) in [6, 6.07) is 5.93. The Bertz CT molecular complexity index is 960. The van der Waals surface area contributed by atoms with Crippen LogP contribution in [0.2, 0.25) is 0 Å². The molecule has 172 valence electrons.